The lowest BCUT2D eigenvalue weighted by Gasteiger charge is -2.12. The van der Waals surface area contributed by atoms with Gasteiger partial charge >= 0.3 is 0 Å². The molecule has 1 aromatic carbocycles. The molecule has 2 aromatic rings. The molecule has 5 heteroatoms. The number of amides is 1. The molecule has 0 spiro atoms. The van der Waals surface area contributed by atoms with Gasteiger partial charge in [-0.25, -0.2) is 8.78 Å². The van der Waals surface area contributed by atoms with E-state index in [0.717, 1.165) is 17.0 Å². The second-order valence-electron chi connectivity index (χ2n) is 3.83. The van der Waals surface area contributed by atoms with Crippen LogP contribution in [0.5, 0.6) is 0 Å². The predicted molar refractivity (Wildman–Crippen MR) is 66.6 cm³/mol. The van der Waals surface area contributed by atoms with Gasteiger partial charge in [0.1, 0.15) is 11.6 Å². The largest absolute Gasteiger partial charge is 0.345 e. The van der Waals surface area contributed by atoms with E-state index in [0.29, 0.717) is 6.07 Å². The summed E-state index contributed by atoms with van der Waals surface area (Å²) >= 11 is 1.51. The number of rotatable bonds is 3. The molecule has 0 saturated carbocycles. The zero-order valence-electron chi connectivity index (χ0n) is 9.61. The highest BCUT2D eigenvalue weighted by molar-refractivity contribution is 7.10. The zero-order valence-corrected chi connectivity index (χ0v) is 10.4. The zero-order chi connectivity index (χ0) is 13.1. The summed E-state index contributed by atoms with van der Waals surface area (Å²) in [6.45, 7) is 1.81. The Bertz CT molecular complexity index is 554. The summed E-state index contributed by atoms with van der Waals surface area (Å²) in [6.07, 6.45) is 0. The average molecular weight is 267 g/mol. The van der Waals surface area contributed by atoms with Crippen molar-refractivity contribution in [3.8, 4) is 0 Å². The smallest absolute Gasteiger partial charge is 0.254 e. The van der Waals surface area contributed by atoms with Crippen LogP contribution in [0.25, 0.3) is 0 Å². The number of hydrogen-bond acceptors (Lipinski definition) is 2. The minimum atomic E-state index is -0.856. The van der Waals surface area contributed by atoms with Crippen LogP contribution in [0.4, 0.5) is 8.78 Å². The van der Waals surface area contributed by atoms with Crippen LogP contribution in [0.3, 0.4) is 0 Å². The first kappa shape index (κ1) is 12.7. The van der Waals surface area contributed by atoms with Crippen molar-refractivity contribution in [2.75, 3.05) is 0 Å². The van der Waals surface area contributed by atoms with Gasteiger partial charge in [-0.2, -0.15) is 0 Å². The van der Waals surface area contributed by atoms with Gasteiger partial charge in [0.15, 0.2) is 0 Å². The lowest BCUT2D eigenvalue weighted by molar-refractivity contribution is 0.0936. The topological polar surface area (TPSA) is 29.1 Å². The maximum Gasteiger partial charge on any atom is 0.254 e. The molecule has 0 aliphatic carbocycles. The fraction of sp³-hybridized carbons (Fsp3) is 0.154. The van der Waals surface area contributed by atoms with Crippen molar-refractivity contribution in [1.82, 2.24) is 5.32 Å². The van der Waals surface area contributed by atoms with Gasteiger partial charge in [0.2, 0.25) is 0 Å². The van der Waals surface area contributed by atoms with Crippen molar-refractivity contribution in [3.05, 3.63) is 57.8 Å². The Hall–Kier alpha value is -1.75. The van der Waals surface area contributed by atoms with Gasteiger partial charge in [-0.1, -0.05) is 6.07 Å². The summed E-state index contributed by atoms with van der Waals surface area (Å²) < 4.78 is 26.1. The number of hydrogen-bond donors (Lipinski definition) is 1. The Morgan fingerprint density at radius 2 is 2.11 bits per heavy atom. The molecule has 1 heterocycles. The molecule has 2 rings (SSSR count). The third-order valence-electron chi connectivity index (χ3n) is 2.49. The van der Waals surface area contributed by atoms with Gasteiger partial charge in [0.05, 0.1) is 11.6 Å². The van der Waals surface area contributed by atoms with E-state index in [2.05, 4.69) is 5.32 Å². The number of benzene rings is 1. The lowest BCUT2D eigenvalue weighted by atomic mass is 10.1. The Kier molecular flexibility index (Phi) is 3.72. The molecule has 0 aliphatic heterocycles. The first-order valence-electron chi connectivity index (χ1n) is 5.37. The summed E-state index contributed by atoms with van der Waals surface area (Å²) in [6, 6.07) is 6.46. The van der Waals surface area contributed by atoms with E-state index in [4.69, 9.17) is 0 Å². The highest BCUT2D eigenvalue weighted by atomic mass is 32.1. The molecule has 1 N–H and O–H groups in total. The van der Waals surface area contributed by atoms with Crippen molar-refractivity contribution in [1.29, 1.82) is 0 Å². The maximum atomic E-state index is 13.4. The highest BCUT2D eigenvalue weighted by Crippen LogP contribution is 2.19. The van der Waals surface area contributed by atoms with Crippen molar-refractivity contribution in [2.24, 2.45) is 0 Å². The Balaban J connectivity index is 2.12. The van der Waals surface area contributed by atoms with E-state index in [1.807, 2.05) is 24.4 Å². The van der Waals surface area contributed by atoms with Gasteiger partial charge in [0.25, 0.3) is 5.91 Å². The van der Waals surface area contributed by atoms with E-state index in [-0.39, 0.29) is 11.6 Å². The molecule has 1 aromatic heterocycles. The lowest BCUT2D eigenvalue weighted by Crippen LogP contribution is -2.27. The van der Waals surface area contributed by atoms with E-state index < -0.39 is 17.5 Å². The fourth-order valence-electron chi connectivity index (χ4n) is 1.56. The summed E-state index contributed by atoms with van der Waals surface area (Å²) in [5.74, 6) is -2.10. The van der Waals surface area contributed by atoms with Crippen molar-refractivity contribution < 1.29 is 13.6 Å². The molecule has 1 amide bonds. The number of carbonyl (C=O) groups excluding carboxylic acids is 1. The summed E-state index contributed by atoms with van der Waals surface area (Å²) in [4.78, 5) is 12.8. The Morgan fingerprint density at radius 3 is 2.72 bits per heavy atom. The molecule has 0 radical (unpaired) electrons. The quantitative estimate of drug-likeness (QED) is 0.905. The van der Waals surface area contributed by atoms with E-state index >= 15 is 0 Å². The molecule has 0 bridgehead atoms. The monoisotopic (exact) mass is 267 g/mol. The second-order valence-corrected chi connectivity index (χ2v) is 4.81. The number of carbonyl (C=O) groups is 1. The van der Waals surface area contributed by atoms with Crippen LogP contribution >= 0.6 is 11.3 Å². The first-order chi connectivity index (χ1) is 8.58. The van der Waals surface area contributed by atoms with E-state index in [1.54, 1.807) is 0 Å². The molecule has 1 atom stereocenters. The number of halogens is 2. The molecular weight excluding hydrogens is 256 g/mol. The molecule has 1 unspecified atom stereocenters. The summed E-state index contributed by atoms with van der Waals surface area (Å²) in [5, 5.41) is 4.57. The molecule has 94 valence electrons. The third kappa shape index (κ3) is 2.73. The van der Waals surface area contributed by atoms with Crippen molar-refractivity contribution >= 4 is 17.2 Å². The van der Waals surface area contributed by atoms with Gasteiger partial charge in [0, 0.05) is 10.9 Å². The number of nitrogens with one attached hydrogen (secondary N) is 1. The van der Waals surface area contributed by atoms with Crippen LogP contribution in [0.1, 0.15) is 28.2 Å². The normalized spacial score (nSPS) is 12.2. The van der Waals surface area contributed by atoms with Gasteiger partial charge < -0.3 is 5.32 Å². The van der Waals surface area contributed by atoms with Crippen molar-refractivity contribution in [2.45, 2.75) is 13.0 Å². The maximum absolute atomic E-state index is 13.4. The van der Waals surface area contributed by atoms with E-state index in [1.165, 1.54) is 11.3 Å². The second kappa shape index (κ2) is 5.27. The van der Waals surface area contributed by atoms with Gasteiger partial charge in [-0.05, 0) is 30.5 Å². The van der Waals surface area contributed by atoms with Crippen molar-refractivity contribution in [3.63, 3.8) is 0 Å². The van der Waals surface area contributed by atoms with Crippen LogP contribution in [0.2, 0.25) is 0 Å². The average Bonchev–Trinajstić information content (AvgIpc) is 2.81. The Morgan fingerprint density at radius 1 is 1.33 bits per heavy atom. The van der Waals surface area contributed by atoms with Crippen LogP contribution in [-0.4, -0.2) is 5.91 Å². The molecule has 0 saturated heterocycles. The predicted octanol–water partition coefficient (Wildman–Crippen LogP) is 3.52. The van der Waals surface area contributed by atoms with Crippen LogP contribution in [-0.2, 0) is 0 Å². The van der Waals surface area contributed by atoms with E-state index in [9.17, 15) is 13.6 Å². The first-order valence-corrected chi connectivity index (χ1v) is 6.25. The van der Waals surface area contributed by atoms with Crippen LogP contribution in [0, 0.1) is 11.6 Å². The molecule has 0 aliphatic rings. The summed E-state index contributed by atoms with van der Waals surface area (Å²) in [7, 11) is 0. The standard InChI is InChI=1S/C13H11F2NOS/c1-8(12-3-2-6-18-12)16-13(17)10-5-4-9(14)7-11(10)15/h2-8H,1H3,(H,16,17). The minimum absolute atomic E-state index is 0.153. The SMILES string of the molecule is CC(NC(=O)c1ccc(F)cc1F)c1cccs1. The highest BCUT2D eigenvalue weighted by Gasteiger charge is 2.15. The number of thiophene rings is 1. The third-order valence-corrected chi connectivity index (χ3v) is 3.55. The van der Waals surface area contributed by atoms with Crippen LogP contribution in [0.15, 0.2) is 35.7 Å². The molecule has 2 nitrogen and oxygen atoms in total. The fourth-order valence-corrected chi connectivity index (χ4v) is 2.29. The molecule has 18 heavy (non-hydrogen) atoms. The van der Waals surface area contributed by atoms with Gasteiger partial charge in [-0.15, -0.1) is 11.3 Å². The Labute approximate surface area is 107 Å². The minimum Gasteiger partial charge on any atom is -0.345 e. The van der Waals surface area contributed by atoms with Crippen LogP contribution < -0.4 is 5.32 Å². The molecule has 0 fully saturated rings. The molecular formula is C13H11F2NOS. The summed E-state index contributed by atoms with van der Waals surface area (Å²) in [5.41, 5.74) is -0.153. The van der Waals surface area contributed by atoms with Gasteiger partial charge in [-0.3, -0.25) is 4.79 Å².